The lowest BCUT2D eigenvalue weighted by Crippen LogP contribution is -2.42. The van der Waals surface area contributed by atoms with E-state index in [1.807, 2.05) is 0 Å². The summed E-state index contributed by atoms with van der Waals surface area (Å²) < 4.78 is 1.11. The van der Waals surface area contributed by atoms with Crippen molar-refractivity contribution in [2.24, 2.45) is 11.0 Å². The average molecular weight is 297 g/mol. The van der Waals surface area contributed by atoms with Crippen molar-refractivity contribution in [2.45, 2.75) is 19.0 Å². The van der Waals surface area contributed by atoms with E-state index in [9.17, 15) is 0 Å². The lowest BCUT2D eigenvalue weighted by molar-refractivity contribution is 0.245. The maximum atomic E-state index is 4.52. The summed E-state index contributed by atoms with van der Waals surface area (Å²) in [7, 11) is 2.19. The molecule has 1 saturated heterocycles. The van der Waals surface area contributed by atoms with Gasteiger partial charge in [-0.15, -0.1) is 0 Å². The fourth-order valence-corrected chi connectivity index (χ4v) is 2.98. The molecule has 0 saturated carbocycles. The minimum Gasteiger partial charge on any atom is -0.308 e. The highest BCUT2D eigenvalue weighted by molar-refractivity contribution is 9.11. The van der Waals surface area contributed by atoms with Crippen molar-refractivity contribution in [3.05, 3.63) is 22.8 Å². The summed E-state index contributed by atoms with van der Waals surface area (Å²) in [6.07, 6.45) is 8.95. The molecule has 0 amide bonds. The molecule has 1 atom stereocenters. The quantitative estimate of drug-likeness (QED) is 0.799. The van der Waals surface area contributed by atoms with Gasteiger partial charge in [-0.25, -0.2) is 0 Å². The highest BCUT2D eigenvalue weighted by Gasteiger charge is 2.33. The summed E-state index contributed by atoms with van der Waals surface area (Å²) in [6, 6.07) is 0. The fraction of sp³-hybridized carbons (Fsp3) is 0.583. The summed E-state index contributed by atoms with van der Waals surface area (Å²) >= 11 is 3.53. The molecular weight excluding hydrogens is 280 g/mol. The van der Waals surface area contributed by atoms with Gasteiger partial charge in [0.25, 0.3) is 0 Å². The Morgan fingerprint density at radius 3 is 2.94 bits per heavy atom. The maximum absolute atomic E-state index is 4.52. The normalized spacial score (nSPS) is 29.8. The topological polar surface area (TPSA) is 30.9 Å². The van der Waals surface area contributed by atoms with Gasteiger partial charge in [0.05, 0.1) is 0 Å². The Morgan fingerprint density at radius 1 is 1.41 bits per heavy atom. The van der Waals surface area contributed by atoms with Gasteiger partial charge in [-0.05, 0) is 61.1 Å². The van der Waals surface area contributed by atoms with Crippen LogP contribution in [-0.2, 0) is 0 Å². The van der Waals surface area contributed by atoms with E-state index in [1.54, 1.807) is 0 Å². The molecule has 5 heteroatoms. The number of rotatable bonds is 1. The monoisotopic (exact) mass is 296 g/mol. The maximum Gasteiger partial charge on any atom is 0.139 e. The second kappa shape index (κ2) is 4.46. The van der Waals surface area contributed by atoms with E-state index in [4.69, 9.17) is 0 Å². The molecule has 92 valence electrons. The first-order valence-corrected chi connectivity index (χ1v) is 6.89. The number of nitrogens with zero attached hydrogens (tertiary/aromatic N) is 3. The van der Waals surface area contributed by atoms with Gasteiger partial charge in [0, 0.05) is 16.6 Å². The summed E-state index contributed by atoms with van der Waals surface area (Å²) in [4.78, 5) is 4.64. The Labute approximate surface area is 110 Å². The summed E-state index contributed by atoms with van der Waals surface area (Å²) in [5.74, 6) is 1.79. The number of likely N-dealkylation sites (tertiary alicyclic amines) is 1. The highest BCUT2D eigenvalue weighted by Crippen LogP contribution is 2.27. The number of fused-ring (bicyclic) bond motifs is 1. The number of hydrogen-bond acceptors (Lipinski definition) is 4. The van der Waals surface area contributed by atoms with E-state index in [2.05, 4.69) is 61.7 Å². The van der Waals surface area contributed by atoms with Gasteiger partial charge in [0.2, 0.25) is 0 Å². The molecule has 3 rings (SSSR count). The predicted octanol–water partition coefficient (Wildman–Crippen LogP) is 1.68. The van der Waals surface area contributed by atoms with Crippen LogP contribution in [0.1, 0.15) is 12.8 Å². The number of piperidine rings is 1. The smallest absolute Gasteiger partial charge is 0.139 e. The van der Waals surface area contributed by atoms with E-state index in [-0.39, 0.29) is 6.17 Å². The second-order valence-electron chi connectivity index (χ2n) is 4.90. The molecule has 3 aliphatic rings. The Hall–Kier alpha value is -0.810. The molecule has 3 heterocycles. The molecule has 1 fully saturated rings. The SMILES string of the molecule is CN1CCC(C2=NNC3C=CC(Br)=CN23)CC1. The third-order valence-electron chi connectivity index (χ3n) is 3.66. The van der Waals surface area contributed by atoms with Crippen molar-refractivity contribution in [1.82, 2.24) is 15.2 Å². The zero-order valence-electron chi connectivity index (χ0n) is 9.93. The molecule has 1 N–H and O–H groups in total. The average Bonchev–Trinajstić information content (AvgIpc) is 2.73. The molecule has 17 heavy (non-hydrogen) atoms. The van der Waals surface area contributed by atoms with E-state index in [0.717, 1.165) is 4.48 Å². The van der Waals surface area contributed by atoms with E-state index in [0.29, 0.717) is 5.92 Å². The highest BCUT2D eigenvalue weighted by atomic mass is 79.9. The third kappa shape index (κ3) is 2.13. The molecule has 4 nitrogen and oxygen atoms in total. The summed E-state index contributed by atoms with van der Waals surface area (Å²) in [5, 5.41) is 4.52. The first-order valence-electron chi connectivity index (χ1n) is 6.09. The number of amidine groups is 1. The predicted molar refractivity (Wildman–Crippen MR) is 72.6 cm³/mol. The van der Waals surface area contributed by atoms with Crippen molar-refractivity contribution in [3.63, 3.8) is 0 Å². The van der Waals surface area contributed by atoms with Gasteiger partial charge in [-0.2, -0.15) is 5.10 Å². The van der Waals surface area contributed by atoms with Crippen molar-refractivity contribution < 1.29 is 0 Å². The number of halogens is 1. The van der Waals surface area contributed by atoms with Crippen LogP contribution < -0.4 is 5.43 Å². The molecule has 3 aliphatic heterocycles. The Morgan fingerprint density at radius 2 is 2.18 bits per heavy atom. The summed E-state index contributed by atoms with van der Waals surface area (Å²) in [6.45, 7) is 2.34. The Bertz CT molecular complexity index is 393. The molecule has 1 unspecified atom stereocenters. The van der Waals surface area contributed by atoms with E-state index in [1.165, 1.54) is 31.8 Å². The number of allylic oxidation sites excluding steroid dienone is 2. The molecule has 0 aromatic rings. The number of nitrogens with one attached hydrogen (secondary N) is 1. The van der Waals surface area contributed by atoms with Crippen LogP contribution in [0.4, 0.5) is 0 Å². The molecule has 0 bridgehead atoms. The van der Waals surface area contributed by atoms with Crippen LogP contribution in [0.25, 0.3) is 0 Å². The molecule has 0 aromatic heterocycles. The molecular formula is C12H17BrN4. The van der Waals surface area contributed by atoms with Crippen molar-refractivity contribution in [2.75, 3.05) is 20.1 Å². The zero-order chi connectivity index (χ0) is 11.8. The second-order valence-corrected chi connectivity index (χ2v) is 5.82. The zero-order valence-corrected chi connectivity index (χ0v) is 11.5. The third-order valence-corrected chi connectivity index (χ3v) is 4.13. The first-order chi connectivity index (χ1) is 8.24. The van der Waals surface area contributed by atoms with Crippen LogP contribution in [-0.4, -0.2) is 41.9 Å². The van der Waals surface area contributed by atoms with Crippen LogP contribution in [0, 0.1) is 5.92 Å². The largest absolute Gasteiger partial charge is 0.308 e. The Balaban J connectivity index is 1.74. The van der Waals surface area contributed by atoms with Crippen LogP contribution in [0.2, 0.25) is 0 Å². The molecule has 0 radical (unpaired) electrons. The number of hydrogen-bond donors (Lipinski definition) is 1. The lowest BCUT2D eigenvalue weighted by atomic mass is 9.95. The van der Waals surface area contributed by atoms with Crippen LogP contribution in [0.3, 0.4) is 0 Å². The van der Waals surface area contributed by atoms with Crippen molar-refractivity contribution in [3.8, 4) is 0 Å². The van der Waals surface area contributed by atoms with Gasteiger partial charge in [-0.3, -0.25) is 5.43 Å². The van der Waals surface area contributed by atoms with Gasteiger partial charge in [-0.1, -0.05) is 0 Å². The molecule has 0 spiro atoms. The lowest BCUT2D eigenvalue weighted by Gasteiger charge is -2.33. The Kier molecular flexibility index (Phi) is 2.96. The minimum absolute atomic E-state index is 0.214. The van der Waals surface area contributed by atoms with Crippen molar-refractivity contribution >= 4 is 21.8 Å². The van der Waals surface area contributed by atoms with Crippen LogP contribution in [0.15, 0.2) is 27.9 Å². The molecule has 0 aromatic carbocycles. The minimum atomic E-state index is 0.214. The standard InChI is InChI=1S/C12H17BrN4/c1-16-6-4-9(5-7-16)12-15-14-11-3-2-10(13)8-17(11)12/h2-3,8-9,11,14H,4-7H2,1H3. The van der Waals surface area contributed by atoms with Gasteiger partial charge in [0.15, 0.2) is 0 Å². The first kappa shape index (κ1) is 11.3. The van der Waals surface area contributed by atoms with E-state index >= 15 is 0 Å². The van der Waals surface area contributed by atoms with Gasteiger partial charge >= 0.3 is 0 Å². The van der Waals surface area contributed by atoms with Gasteiger partial charge in [0.1, 0.15) is 12.0 Å². The van der Waals surface area contributed by atoms with Gasteiger partial charge < -0.3 is 9.80 Å². The molecule has 0 aliphatic carbocycles. The van der Waals surface area contributed by atoms with Crippen LogP contribution >= 0.6 is 15.9 Å². The van der Waals surface area contributed by atoms with Crippen LogP contribution in [0.5, 0.6) is 0 Å². The van der Waals surface area contributed by atoms with E-state index < -0.39 is 0 Å². The van der Waals surface area contributed by atoms with Crippen molar-refractivity contribution in [1.29, 1.82) is 0 Å². The fourth-order valence-electron chi connectivity index (χ4n) is 2.60. The number of hydrazone groups is 1. The summed E-state index contributed by atoms with van der Waals surface area (Å²) in [5.41, 5.74) is 3.19.